The zero-order valence-electron chi connectivity index (χ0n) is 11.7. The minimum absolute atomic E-state index is 0.117. The number of nitrogens with zero attached hydrogens (tertiary/aromatic N) is 2. The van der Waals surface area contributed by atoms with Crippen LogP contribution in [0.3, 0.4) is 0 Å². The largest absolute Gasteiger partial charge is 0.466 e. The molecule has 0 saturated heterocycles. The number of carbonyl (C=O) groups is 1. The number of carbonyl (C=O) groups excluding carboxylic acids is 1. The molecule has 0 spiro atoms. The van der Waals surface area contributed by atoms with Crippen molar-refractivity contribution >= 4 is 23.3 Å². The summed E-state index contributed by atoms with van der Waals surface area (Å²) in [6.45, 7) is 2.83. The van der Waals surface area contributed by atoms with Crippen molar-refractivity contribution in [1.29, 1.82) is 0 Å². The molecule has 0 aliphatic carbocycles. The van der Waals surface area contributed by atoms with Crippen molar-refractivity contribution in [3.63, 3.8) is 0 Å². The van der Waals surface area contributed by atoms with Crippen LogP contribution < -0.4 is 5.32 Å². The Morgan fingerprint density at radius 1 is 1.38 bits per heavy atom. The molecule has 112 valence electrons. The van der Waals surface area contributed by atoms with Crippen molar-refractivity contribution < 1.29 is 9.53 Å². The number of H-pyrrole nitrogens is 1. The van der Waals surface area contributed by atoms with Crippen LogP contribution in [-0.2, 0) is 22.4 Å². The first-order chi connectivity index (χ1) is 10.2. The highest BCUT2D eigenvalue weighted by Crippen LogP contribution is 2.13. The topological polar surface area (TPSA) is 79.9 Å². The molecule has 0 fully saturated rings. The third-order valence-electron chi connectivity index (χ3n) is 2.72. The van der Waals surface area contributed by atoms with E-state index in [1.807, 2.05) is 24.3 Å². The van der Waals surface area contributed by atoms with E-state index in [-0.39, 0.29) is 12.4 Å². The van der Waals surface area contributed by atoms with Crippen molar-refractivity contribution in [1.82, 2.24) is 15.2 Å². The molecule has 1 aromatic carbocycles. The normalized spacial score (nSPS) is 10.4. The van der Waals surface area contributed by atoms with Crippen LogP contribution in [-0.4, -0.2) is 34.3 Å². The fraction of sp³-hybridized carbons (Fsp3) is 0.357. The lowest BCUT2D eigenvalue weighted by molar-refractivity contribution is -0.142. The van der Waals surface area contributed by atoms with E-state index in [1.165, 1.54) is 0 Å². The smallest absolute Gasteiger partial charge is 0.313 e. The van der Waals surface area contributed by atoms with Gasteiger partial charge in [0.15, 0.2) is 5.82 Å². The molecule has 0 aliphatic rings. The molecule has 0 aliphatic heterocycles. The lowest BCUT2D eigenvalue weighted by Gasteiger charge is -2.04. The summed E-state index contributed by atoms with van der Waals surface area (Å²) in [5, 5.41) is 10.8. The molecule has 0 saturated carbocycles. The third-order valence-corrected chi connectivity index (χ3v) is 2.97. The Labute approximate surface area is 127 Å². The highest BCUT2D eigenvalue weighted by atomic mass is 35.5. The van der Waals surface area contributed by atoms with E-state index in [4.69, 9.17) is 16.3 Å². The van der Waals surface area contributed by atoms with Crippen LogP contribution in [0.4, 0.5) is 5.69 Å². The van der Waals surface area contributed by atoms with Gasteiger partial charge in [0.1, 0.15) is 12.2 Å². The quantitative estimate of drug-likeness (QED) is 0.767. The molecule has 0 amide bonds. The van der Waals surface area contributed by atoms with E-state index in [9.17, 15) is 4.79 Å². The lowest BCUT2D eigenvalue weighted by Crippen LogP contribution is -2.09. The number of aromatic amines is 1. The first kappa shape index (κ1) is 15.3. The molecule has 0 bridgehead atoms. The molecule has 2 N–H and O–H groups in total. The van der Waals surface area contributed by atoms with Gasteiger partial charge < -0.3 is 10.1 Å². The highest BCUT2D eigenvalue weighted by molar-refractivity contribution is 6.30. The molecule has 7 heteroatoms. The van der Waals surface area contributed by atoms with Crippen LogP contribution in [0.2, 0.25) is 5.02 Å². The van der Waals surface area contributed by atoms with Gasteiger partial charge in [0.25, 0.3) is 0 Å². The fourth-order valence-corrected chi connectivity index (χ4v) is 1.89. The maximum atomic E-state index is 11.3. The Morgan fingerprint density at radius 3 is 2.86 bits per heavy atom. The number of nitrogens with one attached hydrogen (secondary N) is 2. The summed E-state index contributed by atoms with van der Waals surface area (Å²) in [4.78, 5) is 15.6. The zero-order valence-corrected chi connectivity index (χ0v) is 12.5. The van der Waals surface area contributed by atoms with E-state index < -0.39 is 0 Å². The summed E-state index contributed by atoms with van der Waals surface area (Å²) in [6, 6.07) is 7.47. The van der Waals surface area contributed by atoms with Crippen molar-refractivity contribution in [2.75, 3.05) is 18.5 Å². The van der Waals surface area contributed by atoms with E-state index in [0.717, 1.165) is 5.69 Å². The molecule has 2 rings (SSSR count). The van der Waals surface area contributed by atoms with E-state index in [0.29, 0.717) is 36.2 Å². The standard InChI is InChI=1S/C14H17ClN4O2/c1-2-21-14(20)9-13-17-12(18-19-13)7-8-16-11-5-3-10(15)4-6-11/h3-6,16H,2,7-9H2,1H3,(H,17,18,19). The predicted octanol–water partition coefficient (Wildman–Crippen LogP) is 2.22. The number of benzene rings is 1. The highest BCUT2D eigenvalue weighted by Gasteiger charge is 2.09. The number of esters is 1. The number of ether oxygens (including phenoxy) is 1. The minimum atomic E-state index is -0.306. The molecular formula is C14H17ClN4O2. The summed E-state index contributed by atoms with van der Waals surface area (Å²) in [7, 11) is 0. The summed E-state index contributed by atoms with van der Waals surface area (Å²) in [5.41, 5.74) is 0.988. The second kappa shape index (κ2) is 7.64. The number of hydrogen-bond donors (Lipinski definition) is 2. The minimum Gasteiger partial charge on any atom is -0.466 e. The monoisotopic (exact) mass is 308 g/mol. The first-order valence-corrected chi connectivity index (χ1v) is 7.10. The van der Waals surface area contributed by atoms with Crippen LogP contribution in [0.25, 0.3) is 0 Å². The van der Waals surface area contributed by atoms with Gasteiger partial charge in [-0.2, -0.15) is 5.10 Å². The Hall–Kier alpha value is -2.08. The summed E-state index contributed by atoms with van der Waals surface area (Å²) in [6.07, 6.45) is 0.771. The second-order valence-electron chi connectivity index (χ2n) is 4.36. The lowest BCUT2D eigenvalue weighted by atomic mass is 10.3. The van der Waals surface area contributed by atoms with Gasteiger partial charge in [-0.15, -0.1) is 0 Å². The van der Waals surface area contributed by atoms with Crippen LogP contribution in [0.1, 0.15) is 18.6 Å². The van der Waals surface area contributed by atoms with Gasteiger partial charge in [0.05, 0.1) is 6.61 Å². The van der Waals surface area contributed by atoms with Gasteiger partial charge >= 0.3 is 5.97 Å². The van der Waals surface area contributed by atoms with Gasteiger partial charge in [-0.1, -0.05) is 11.6 Å². The van der Waals surface area contributed by atoms with Crippen LogP contribution in [0, 0.1) is 0 Å². The van der Waals surface area contributed by atoms with Gasteiger partial charge in [-0.05, 0) is 31.2 Å². The van der Waals surface area contributed by atoms with Crippen molar-refractivity contribution in [3.8, 4) is 0 Å². The van der Waals surface area contributed by atoms with E-state index in [1.54, 1.807) is 6.92 Å². The Bertz CT molecular complexity index is 583. The van der Waals surface area contributed by atoms with E-state index >= 15 is 0 Å². The van der Waals surface area contributed by atoms with Gasteiger partial charge in [-0.25, -0.2) is 4.98 Å². The molecule has 2 aromatic rings. The van der Waals surface area contributed by atoms with Gasteiger partial charge in [0.2, 0.25) is 0 Å². The van der Waals surface area contributed by atoms with Gasteiger partial charge in [-0.3, -0.25) is 9.89 Å². The first-order valence-electron chi connectivity index (χ1n) is 6.72. The molecule has 0 unspecified atom stereocenters. The van der Waals surface area contributed by atoms with Crippen LogP contribution in [0.5, 0.6) is 0 Å². The van der Waals surface area contributed by atoms with Crippen molar-refractivity contribution in [3.05, 3.63) is 40.9 Å². The number of rotatable bonds is 7. The summed E-state index contributed by atoms with van der Waals surface area (Å²) >= 11 is 5.82. The van der Waals surface area contributed by atoms with Crippen molar-refractivity contribution in [2.24, 2.45) is 0 Å². The molecule has 1 aromatic heterocycles. The van der Waals surface area contributed by atoms with Gasteiger partial charge in [0, 0.05) is 23.7 Å². The average molecular weight is 309 g/mol. The summed E-state index contributed by atoms with van der Waals surface area (Å²) < 4.78 is 4.85. The Balaban J connectivity index is 1.77. The average Bonchev–Trinajstić information content (AvgIpc) is 2.89. The zero-order chi connectivity index (χ0) is 15.1. The fourth-order valence-electron chi connectivity index (χ4n) is 1.76. The van der Waals surface area contributed by atoms with Crippen LogP contribution >= 0.6 is 11.6 Å². The molecule has 0 atom stereocenters. The third kappa shape index (κ3) is 5.07. The molecule has 0 radical (unpaired) electrons. The SMILES string of the molecule is CCOC(=O)Cc1nc(CCNc2ccc(Cl)cc2)n[nH]1. The van der Waals surface area contributed by atoms with Crippen molar-refractivity contribution in [2.45, 2.75) is 19.8 Å². The predicted molar refractivity (Wildman–Crippen MR) is 80.4 cm³/mol. The second-order valence-corrected chi connectivity index (χ2v) is 4.80. The number of aromatic nitrogens is 3. The van der Waals surface area contributed by atoms with Crippen LogP contribution in [0.15, 0.2) is 24.3 Å². The van der Waals surface area contributed by atoms with E-state index in [2.05, 4.69) is 20.5 Å². The molecular weight excluding hydrogens is 292 g/mol. The number of halogens is 1. The Kier molecular flexibility index (Phi) is 5.57. The summed E-state index contributed by atoms with van der Waals surface area (Å²) in [5.74, 6) is 0.880. The maximum absolute atomic E-state index is 11.3. The molecule has 21 heavy (non-hydrogen) atoms. The number of anilines is 1. The number of hydrogen-bond acceptors (Lipinski definition) is 5. The maximum Gasteiger partial charge on any atom is 0.313 e. The Morgan fingerprint density at radius 2 is 2.14 bits per heavy atom. The molecule has 1 heterocycles. The molecule has 6 nitrogen and oxygen atoms in total.